The number of methoxy groups -OCH3 is 2. The van der Waals surface area contributed by atoms with E-state index >= 15 is 0 Å². The molecule has 2 aromatic carbocycles. The summed E-state index contributed by atoms with van der Waals surface area (Å²) in [5, 5.41) is 3.01. The lowest BCUT2D eigenvalue weighted by Gasteiger charge is -2.38. The van der Waals surface area contributed by atoms with Crippen molar-refractivity contribution in [2.24, 2.45) is 5.41 Å². The number of alkyl carbamates (subject to hydrolysis) is 1. The molecule has 2 saturated heterocycles. The number of nitrogens with zero attached hydrogens (tertiary/aromatic N) is 2. The number of benzene rings is 2. The number of carbonyl (C=O) groups is 2. The third-order valence-corrected chi connectivity index (χ3v) is 7.77. The summed E-state index contributed by atoms with van der Waals surface area (Å²) in [5.41, 5.74) is 1.91. The predicted molar refractivity (Wildman–Crippen MR) is 149 cm³/mol. The minimum absolute atomic E-state index is 0. The third kappa shape index (κ3) is 7.11. The Bertz CT molecular complexity index is 1040. The molecule has 1 spiro atoms. The van der Waals surface area contributed by atoms with Gasteiger partial charge in [0.1, 0.15) is 11.5 Å². The lowest BCUT2D eigenvalue weighted by Crippen LogP contribution is -2.45. The highest BCUT2D eigenvalue weighted by Gasteiger charge is 2.47. The second-order valence-corrected chi connectivity index (χ2v) is 9.93. The van der Waals surface area contributed by atoms with Crippen LogP contribution in [0.4, 0.5) is 4.79 Å². The van der Waals surface area contributed by atoms with Crippen LogP contribution in [-0.4, -0.2) is 68.8 Å². The number of piperidine rings is 1. The van der Waals surface area contributed by atoms with Gasteiger partial charge in [-0.2, -0.15) is 0 Å². The Balaban J connectivity index is 0.00000400. The van der Waals surface area contributed by atoms with Crippen molar-refractivity contribution >= 4 is 24.4 Å². The van der Waals surface area contributed by atoms with E-state index < -0.39 is 6.09 Å². The number of halogens is 1. The molecule has 1 N–H and O–H groups in total. The van der Waals surface area contributed by atoms with E-state index in [1.54, 1.807) is 21.1 Å². The van der Waals surface area contributed by atoms with Crippen LogP contribution < -0.4 is 14.8 Å². The van der Waals surface area contributed by atoms with Crippen molar-refractivity contribution in [1.29, 1.82) is 0 Å². The first-order valence-corrected chi connectivity index (χ1v) is 13.2. The van der Waals surface area contributed by atoms with Crippen molar-refractivity contribution in [2.45, 2.75) is 45.2 Å². The van der Waals surface area contributed by atoms with E-state index in [4.69, 9.17) is 14.2 Å². The maximum absolute atomic E-state index is 13.4. The molecule has 0 aromatic heterocycles. The summed E-state index contributed by atoms with van der Waals surface area (Å²) in [4.78, 5) is 30.0. The molecule has 1 atom stereocenters. The molecular weight excluding hydrogens is 506 g/mol. The lowest BCUT2D eigenvalue weighted by atomic mass is 9.77. The molecule has 208 valence electrons. The Labute approximate surface area is 232 Å². The lowest BCUT2D eigenvalue weighted by molar-refractivity contribution is -0.138. The van der Waals surface area contributed by atoms with Crippen molar-refractivity contribution in [3.05, 3.63) is 59.7 Å². The van der Waals surface area contributed by atoms with E-state index in [-0.39, 0.29) is 23.9 Å². The van der Waals surface area contributed by atoms with Gasteiger partial charge in [0.25, 0.3) is 0 Å². The average molecular weight is 546 g/mol. The van der Waals surface area contributed by atoms with E-state index in [1.165, 1.54) is 0 Å². The zero-order chi connectivity index (χ0) is 26.3. The molecule has 1 unspecified atom stereocenters. The second-order valence-electron chi connectivity index (χ2n) is 9.93. The van der Waals surface area contributed by atoms with Gasteiger partial charge in [-0.15, -0.1) is 12.4 Å². The second kappa shape index (κ2) is 13.7. The summed E-state index contributed by atoms with van der Waals surface area (Å²) in [7, 11) is 3.30. The molecule has 0 aliphatic carbocycles. The molecule has 2 aliphatic rings. The van der Waals surface area contributed by atoms with Crippen LogP contribution in [-0.2, 0) is 16.1 Å². The summed E-state index contributed by atoms with van der Waals surface area (Å²) < 4.78 is 15.6. The zero-order valence-corrected chi connectivity index (χ0v) is 23.4. The summed E-state index contributed by atoms with van der Waals surface area (Å²) in [6.07, 6.45) is 3.03. The first kappa shape index (κ1) is 29.6. The fourth-order valence-corrected chi connectivity index (χ4v) is 5.45. The molecular formula is C29H40ClN3O5. The van der Waals surface area contributed by atoms with Gasteiger partial charge in [-0.3, -0.25) is 4.79 Å². The predicted octanol–water partition coefficient (Wildman–Crippen LogP) is 4.82. The Hall–Kier alpha value is -2.97. The summed E-state index contributed by atoms with van der Waals surface area (Å²) >= 11 is 0. The molecule has 2 amide bonds. The number of hydrogen-bond acceptors (Lipinski definition) is 6. The monoisotopic (exact) mass is 545 g/mol. The quantitative estimate of drug-likeness (QED) is 0.461. The normalized spacial score (nSPS) is 17.6. The highest BCUT2D eigenvalue weighted by Crippen LogP contribution is 2.42. The molecule has 9 heteroatoms. The molecule has 38 heavy (non-hydrogen) atoms. The SMILES string of the molecule is CCOC(=O)NC(CCN1CCC2(CC1)CCN(Cc1ccc(OC)cc1)C2=O)c1ccc(OC)cc1.Cl. The van der Waals surface area contributed by atoms with Gasteiger partial charge in [-0.05, 0) is 81.1 Å². The van der Waals surface area contributed by atoms with Crippen molar-refractivity contribution in [1.82, 2.24) is 15.1 Å². The molecule has 2 fully saturated rings. The maximum atomic E-state index is 13.4. The minimum atomic E-state index is -0.408. The molecule has 0 bridgehead atoms. The number of hydrogen-bond donors (Lipinski definition) is 1. The Morgan fingerprint density at radius 2 is 1.53 bits per heavy atom. The van der Waals surface area contributed by atoms with Crippen molar-refractivity contribution in [3.63, 3.8) is 0 Å². The number of ether oxygens (including phenoxy) is 3. The summed E-state index contributed by atoms with van der Waals surface area (Å²) in [5.74, 6) is 1.90. The number of likely N-dealkylation sites (tertiary alicyclic amines) is 2. The van der Waals surface area contributed by atoms with Crippen LogP contribution in [0.15, 0.2) is 48.5 Å². The highest BCUT2D eigenvalue weighted by molar-refractivity contribution is 5.85. The van der Waals surface area contributed by atoms with E-state index in [1.807, 2.05) is 53.4 Å². The largest absolute Gasteiger partial charge is 0.497 e. The van der Waals surface area contributed by atoms with Gasteiger partial charge in [0, 0.05) is 19.6 Å². The fraction of sp³-hybridized carbons (Fsp3) is 0.517. The summed E-state index contributed by atoms with van der Waals surface area (Å²) in [6, 6.07) is 15.6. The molecule has 0 radical (unpaired) electrons. The van der Waals surface area contributed by atoms with E-state index in [0.717, 1.165) is 74.5 Å². The Morgan fingerprint density at radius 3 is 2.11 bits per heavy atom. The first-order valence-electron chi connectivity index (χ1n) is 13.2. The maximum Gasteiger partial charge on any atom is 0.407 e. The average Bonchev–Trinajstić information content (AvgIpc) is 3.22. The van der Waals surface area contributed by atoms with Crippen molar-refractivity contribution in [3.8, 4) is 11.5 Å². The molecule has 0 saturated carbocycles. The van der Waals surface area contributed by atoms with Gasteiger partial charge in [-0.1, -0.05) is 24.3 Å². The number of carbonyl (C=O) groups excluding carboxylic acids is 2. The van der Waals surface area contributed by atoms with Gasteiger partial charge < -0.3 is 29.3 Å². The molecule has 4 rings (SSSR count). The van der Waals surface area contributed by atoms with Crippen LogP contribution in [0.25, 0.3) is 0 Å². The zero-order valence-electron chi connectivity index (χ0n) is 22.6. The van der Waals surface area contributed by atoms with Gasteiger partial charge in [0.05, 0.1) is 32.3 Å². The van der Waals surface area contributed by atoms with Crippen molar-refractivity contribution < 1.29 is 23.8 Å². The minimum Gasteiger partial charge on any atom is -0.497 e. The van der Waals surface area contributed by atoms with Crippen LogP contribution in [0, 0.1) is 5.41 Å². The fourth-order valence-electron chi connectivity index (χ4n) is 5.45. The number of rotatable bonds is 10. The van der Waals surface area contributed by atoms with Crippen LogP contribution in [0.2, 0.25) is 0 Å². The Kier molecular flexibility index (Phi) is 10.7. The molecule has 2 heterocycles. The first-order chi connectivity index (χ1) is 18.0. The van der Waals surface area contributed by atoms with Crippen molar-refractivity contribution in [2.75, 3.05) is 47.0 Å². The van der Waals surface area contributed by atoms with E-state index in [2.05, 4.69) is 10.2 Å². The molecule has 8 nitrogen and oxygen atoms in total. The molecule has 2 aromatic rings. The topological polar surface area (TPSA) is 80.3 Å². The standard InChI is InChI=1S/C29H39N3O5.ClH/c1-4-37-28(34)30-26(23-7-11-25(36-3)12-8-23)13-17-31-18-14-29(15-19-31)16-20-32(27(29)33)21-22-5-9-24(35-2)10-6-22;/h5-12,26H,4,13-21H2,1-3H3,(H,30,34);1H. The van der Waals surface area contributed by atoms with E-state index in [9.17, 15) is 9.59 Å². The Morgan fingerprint density at radius 1 is 0.947 bits per heavy atom. The highest BCUT2D eigenvalue weighted by atomic mass is 35.5. The smallest absolute Gasteiger partial charge is 0.407 e. The summed E-state index contributed by atoms with van der Waals surface area (Å²) in [6.45, 7) is 6.20. The molecule has 2 aliphatic heterocycles. The van der Waals surface area contributed by atoms with Crippen LogP contribution in [0.5, 0.6) is 11.5 Å². The van der Waals surface area contributed by atoms with Crippen LogP contribution in [0.1, 0.15) is 49.8 Å². The van der Waals surface area contributed by atoms with Gasteiger partial charge in [-0.25, -0.2) is 4.79 Å². The van der Waals surface area contributed by atoms with Gasteiger partial charge in [0.15, 0.2) is 0 Å². The van der Waals surface area contributed by atoms with Crippen LogP contribution in [0.3, 0.4) is 0 Å². The van der Waals surface area contributed by atoms with Crippen LogP contribution >= 0.6 is 12.4 Å². The van der Waals surface area contributed by atoms with Gasteiger partial charge in [0.2, 0.25) is 5.91 Å². The number of nitrogens with one attached hydrogen (secondary N) is 1. The van der Waals surface area contributed by atoms with Gasteiger partial charge >= 0.3 is 6.09 Å². The number of amides is 2. The van der Waals surface area contributed by atoms with E-state index in [0.29, 0.717) is 19.1 Å². The third-order valence-electron chi connectivity index (χ3n) is 7.77.